The fraction of sp³-hybridized carbons (Fsp3) is 0.524. The zero-order valence-electron chi connectivity index (χ0n) is 16.3. The number of hydrogen-bond acceptors (Lipinski definition) is 4. The lowest BCUT2D eigenvalue weighted by atomic mass is 9.89. The number of ether oxygens (including phenoxy) is 1. The first kappa shape index (κ1) is 20.8. The number of rotatable bonds is 5. The number of carbonyl (C=O) groups excluding carboxylic acids is 1. The molecule has 0 unspecified atom stereocenters. The molecule has 2 aliphatic rings. The van der Waals surface area contributed by atoms with E-state index < -0.39 is 0 Å². The highest BCUT2D eigenvalue weighted by Gasteiger charge is 2.38. The van der Waals surface area contributed by atoms with Crippen molar-refractivity contribution in [1.82, 2.24) is 20.0 Å². The lowest BCUT2D eigenvalue weighted by Crippen LogP contribution is -2.45. The summed E-state index contributed by atoms with van der Waals surface area (Å²) >= 11 is 0. The molecule has 7 heteroatoms. The molecule has 4 rings (SSSR count). The van der Waals surface area contributed by atoms with Crippen molar-refractivity contribution in [3.63, 3.8) is 0 Å². The standard InChI is InChI=1S/C21H28N4O2.ClH/c1-24-14-17(11-23-24)19-12-22-13-20(19)21(26)25-9-7-18(8-10-25)27-15-16-5-3-2-4-6-16;/h2-6,11,14,18-20,22H,7-10,12-13,15H2,1H3;1H/t19-,20+;/m1./s1. The highest BCUT2D eigenvalue weighted by Crippen LogP contribution is 2.30. The van der Waals surface area contributed by atoms with Crippen LogP contribution in [0.5, 0.6) is 0 Å². The van der Waals surface area contributed by atoms with E-state index in [9.17, 15) is 4.79 Å². The smallest absolute Gasteiger partial charge is 0.227 e. The van der Waals surface area contributed by atoms with Crippen LogP contribution in [0.1, 0.15) is 29.9 Å². The Morgan fingerprint density at radius 2 is 1.96 bits per heavy atom. The molecule has 0 radical (unpaired) electrons. The van der Waals surface area contributed by atoms with E-state index in [1.54, 1.807) is 0 Å². The molecule has 1 N–H and O–H groups in total. The Morgan fingerprint density at radius 3 is 2.64 bits per heavy atom. The third kappa shape index (κ3) is 4.74. The second-order valence-corrected chi connectivity index (χ2v) is 7.64. The third-order valence-corrected chi connectivity index (χ3v) is 5.77. The van der Waals surface area contributed by atoms with Gasteiger partial charge in [0.05, 0.1) is 24.8 Å². The number of halogens is 1. The molecular formula is C21H29ClN4O2. The van der Waals surface area contributed by atoms with E-state index in [0.29, 0.717) is 6.61 Å². The van der Waals surface area contributed by atoms with Gasteiger partial charge in [-0.2, -0.15) is 5.10 Å². The van der Waals surface area contributed by atoms with E-state index in [-0.39, 0.29) is 36.3 Å². The van der Waals surface area contributed by atoms with Gasteiger partial charge in [-0.15, -0.1) is 12.4 Å². The Hall–Kier alpha value is -1.89. The molecule has 0 aliphatic carbocycles. The summed E-state index contributed by atoms with van der Waals surface area (Å²) in [5, 5.41) is 7.66. The molecule has 1 amide bonds. The molecular weight excluding hydrogens is 376 g/mol. The van der Waals surface area contributed by atoms with Crippen LogP contribution in [0.4, 0.5) is 0 Å². The number of benzene rings is 1. The Morgan fingerprint density at radius 1 is 1.21 bits per heavy atom. The minimum absolute atomic E-state index is 0. The van der Waals surface area contributed by atoms with Gasteiger partial charge in [-0.25, -0.2) is 0 Å². The average Bonchev–Trinajstić information content (AvgIpc) is 3.36. The van der Waals surface area contributed by atoms with Gasteiger partial charge in [-0.3, -0.25) is 9.48 Å². The second kappa shape index (κ2) is 9.54. The number of carbonyl (C=O) groups is 1. The van der Waals surface area contributed by atoms with Gasteiger partial charge in [0.1, 0.15) is 0 Å². The number of amides is 1. The van der Waals surface area contributed by atoms with Gasteiger partial charge in [0.15, 0.2) is 0 Å². The van der Waals surface area contributed by atoms with E-state index in [1.165, 1.54) is 5.56 Å². The van der Waals surface area contributed by atoms with Gasteiger partial charge in [0, 0.05) is 45.3 Å². The molecule has 2 fully saturated rings. The van der Waals surface area contributed by atoms with Crippen LogP contribution in [0.25, 0.3) is 0 Å². The zero-order valence-corrected chi connectivity index (χ0v) is 17.1. The Bertz CT molecular complexity index is 759. The van der Waals surface area contributed by atoms with Crippen LogP contribution in [-0.2, 0) is 23.2 Å². The van der Waals surface area contributed by atoms with Gasteiger partial charge in [-0.1, -0.05) is 30.3 Å². The molecule has 1 aromatic heterocycles. The highest BCUT2D eigenvalue weighted by atomic mass is 35.5. The second-order valence-electron chi connectivity index (χ2n) is 7.64. The first-order valence-electron chi connectivity index (χ1n) is 9.84. The maximum atomic E-state index is 13.1. The summed E-state index contributed by atoms with van der Waals surface area (Å²) in [4.78, 5) is 15.1. The predicted molar refractivity (Wildman–Crippen MR) is 110 cm³/mol. The molecule has 0 bridgehead atoms. The molecule has 1 aromatic carbocycles. The SMILES string of the molecule is Cl.Cn1cc([C@H]2CNC[C@@H]2C(=O)N2CCC(OCc3ccccc3)CC2)cn1. The summed E-state index contributed by atoms with van der Waals surface area (Å²) in [5.74, 6) is 0.504. The number of aromatic nitrogens is 2. The number of likely N-dealkylation sites (tertiary alicyclic amines) is 1. The molecule has 6 nitrogen and oxygen atoms in total. The van der Waals surface area contributed by atoms with E-state index in [2.05, 4.69) is 22.5 Å². The Balaban J connectivity index is 0.00000225. The summed E-state index contributed by atoms with van der Waals surface area (Å²) in [7, 11) is 1.92. The molecule has 28 heavy (non-hydrogen) atoms. The van der Waals surface area contributed by atoms with Crippen LogP contribution in [0.3, 0.4) is 0 Å². The first-order valence-corrected chi connectivity index (χ1v) is 9.84. The van der Waals surface area contributed by atoms with Crippen molar-refractivity contribution in [2.75, 3.05) is 26.2 Å². The van der Waals surface area contributed by atoms with E-state index in [4.69, 9.17) is 4.74 Å². The van der Waals surface area contributed by atoms with Crippen LogP contribution in [0, 0.1) is 5.92 Å². The van der Waals surface area contributed by atoms with Crippen molar-refractivity contribution in [3.8, 4) is 0 Å². The van der Waals surface area contributed by atoms with Crippen LogP contribution < -0.4 is 5.32 Å². The first-order chi connectivity index (χ1) is 13.2. The van der Waals surface area contributed by atoms with Crippen molar-refractivity contribution in [2.45, 2.75) is 31.5 Å². The molecule has 2 aliphatic heterocycles. The van der Waals surface area contributed by atoms with Crippen LogP contribution >= 0.6 is 12.4 Å². The summed E-state index contributed by atoms with van der Waals surface area (Å²) in [5.41, 5.74) is 2.36. The topological polar surface area (TPSA) is 59.4 Å². The summed E-state index contributed by atoms with van der Waals surface area (Å²) < 4.78 is 7.86. The van der Waals surface area contributed by atoms with E-state index in [0.717, 1.165) is 44.6 Å². The largest absolute Gasteiger partial charge is 0.373 e. The molecule has 3 heterocycles. The minimum Gasteiger partial charge on any atom is -0.373 e. The average molecular weight is 405 g/mol. The number of hydrogen-bond donors (Lipinski definition) is 1. The molecule has 0 saturated carbocycles. The van der Waals surface area contributed by atoms with Gasteiger partial charge in [-0.05, 0) is 24.0 Å². The molecule has 0 spiro atoms. The lowest BCUT2D eigenvalue weighted by molar-refractivity contribution is -0.138. The number of aryl methyl sites for hydroxylation is 1. The molecule has 2 saturated heterocycles. The van der Waals surface area contributed by atoms with Crippen LogP contribution in [0.2, 0.25) is 0 Å². The summed E-state index contributed by atoms with van der Waals surface area (Å²) in [6, 6.07) is 10.3. The van der Waals surface area contributed by atoms with Crippen molar-refractivity contribution in [1.29, 1.82) is 0 Å². The quantitative estimate of drug-likeness (QED) is 0.831. The highest BCUT2D eigenvalue weighted by molar-refractivity contribution is 5.85. The fourth-order valence-electron chi connectivity index (χ4n) is 4.19. The monoisotopic (exact) mass is 404 g/mol. The van der Waals surface area contributed by atoms with Gasteiger partial charge in [0.2, 0.25) is 5.91 Å². The number of nitrogens with one attached hydrogen (secondary N) is 1. The van der Waals surface area contributed by atoms with Crippen molar-refractivity contribution in [3.05, 3.63) is 53.9 Å². The minimum atomic E-state index is 0. The van der Waals surface area contributed by atoms with Gasteiger partial charge < -0.3 is 15.0 Å². The Kier molecular flexibility index (Phi) is 7.10. The fourth-order valence-corrected chi connectivity index (χ4v) is 4.19. The van der Waals surface area contributed by atoms with E-state index in [1.807, 2.05) is 47.2 Å². The summed E-state index contributed by atoms with van der Waals surface area (Å²) in [6.07, 6.45) is 5.99. The normalized spacial score (nSPS) is 22.8. The molecule has 2 aromatic rings. The van der Waals surface area contributed by atoms with Crippen molar-refractivity contribution >= 4 is 18.3 Å². The van der Waals surface area contributed by atoms with Crippen molar-refractivity contribution < 1.29 is 9.53 Å². The maximum Gasteiger partial charge on any atom is 0.227 e. The van der Waals surface area contributed by atoms with Crippen LogP contribution in [-0.4, -0.2) is 52.9 Å². The number of piperidine rings is 1. The predicted octanol–water partition coefficient (Wildman–Crippen LogP) is 2.35. The van der Waals surface area contributed by atoms with Crippen LogP contribution in [0.15, 0.2) is 42.7 Å². The van der Waals surface area contributed by atoms with Gasteiger partial charge in [0.25, 0.3) is 0 Å². The summed E-state index contributed by atoms with van der Waals surface area (Å²) in [6.45, 7) is 3.82. The molecule has 152 valence electrons. The third-order valence-electron chi connectivity index (χ3n) is 5.77. The maximum absolute atomic E-state index is 13.1. The van der Waals surface area contributed by atoms with Crippen molar-refractivity contribution in [2.24, 2.45) is 13.0 Å². The van der Waals surface area contributed by atoms with Gasteiger partial charge >= 0.3 is 0 Å². The Labute approximate surface area is 172 Å². The molecule has 2 atom stereocenters. The zero-order chi connectivity index (χ0) is 18.6. The number of nitrogens with zero attached hydrogens (tertiary/aromatic N) is 3. The lowest BCUT2D eigenvalue weighted by Gasteiger charge is -2.34. The van der Waals surface area contributed by atoms with E-state index >= 15 is 0 Å².